The van der Waals surface area contributed by atoms with Crippen LogP contribution in [0.5, 0.6) is 5.75 Å². The Morgan fingerprint density at radius 3 is 2.47 bits per heavy atom. The minimum Gasteiger partial charge on any atom is -0.472 e. The second-order valence-corrected chi connectivity index (χ2v) is 4.88. The molecule has 1 unspecified atom stereocenters. The van der Waals surface area contributed by atoms with Gasteiger partial charge in [0.1, 0.15) is 5.75 Å². The lowest BCUT2D eigenvalue weighted by Gasteiger charge is -2.45. The van der Waals surface area contributed by atoms with Gasteiger partial charge in [0.2, 0.25) is 0 Å². The van der Waals surface area contributed by atoms with Crippen molar-refractivity contribution in [2.75, 3.05) is 0 Å². The molecule has 15 heavy (non-hydrogen) atoms. The minimum absolute atomic E-state index is 0. The molecule has 0 aliphatic carbocycles. The van der Waals surface area contributed by atoms with Gasteiger partial charge in [0.05, 0.1) is 0 Å². The SMILES string of the molecule is CC1(C)Cc2ccccc2OC1(C)N.Cl. The predicted octanol–water partition coefficient (Wildman–Crippen LogP) is 2.74. The first-order chi connectivity index (χ1) is 6.42. The summed E-state index contributed by atoms with van der Waals surface area (Å²) in [4.78, 5) is 0. The molecule has 1 atom stereocenters. The van der Waals surface area contributed by atoms with E-state index in [1.807, 2.05) is 25.1 Å². The molecule has 1 aromatic rings. The molecule has 0 saturated carbocycles. The quantitative estimate of drug-likeness (QED) is 0.740. The lowest BCUT2D eigenvalue weighted by molar-refractivity contribution is -0.0377. The highest BCUT2D eigenvalue weighted by molar-refractivity contribution is 5.85. The van der Waals surface area contributed by atoms with Crippen LogP contribution in [0, 0.1) is 5.41 Å². The van der Waals surface area contributed by atoms with Gasteiger partial charge in [0, 0.05) is 5.41 Å². The Kier molecular flexibility index (Phi) is 3.04. The van der Waals surface area contributed by atoms with Crippen molar-refractivity contribution in [3.8, 4) is 5.75 Å². The van der Waals surface area contributed by atoms with E-state index >= 15 is 0 Å². The summed E-state index contributed by atoms with van der Waals surface area (Å²) >= 11 is 0. The summed E-state index contributed by atoms with van der Waals surface area (Å²) in [6.45, 7) is 6.23. The van der Waals surface area contributed by atoms with E-state index in [0.29, 0.717) is 0 Å². The van der Waals surface area contributed by atoms with E-state index in [4.69, 9.17) is 10.5 Å². The summed E-state index contributed by atoms with van der Waals surface area (Å²) in [6, 6.07) is 8.10. The van der Waals surface area contributed by atoms with Crippen molar-refractivity contribution < 1.29 is 4.74 Å². The fourth-order valence-corrected chi connectivity index (χ4v) is 1.77. The molecule has 0 amide bonds. The van der Waals surface area contributed by atoms with E-state index in [0.717, 1.165) is 12.2 Å². The van der Waals surface area contributed by atoms with Gasteiger partial charge in [0.25, 0.3) is 0 Å². The molecule has 2 N–H and O–H groups in total. The van der Waals surface area contributed by atoms with Crippen LogP contribution in [-0.2, 0) is 6.42 Å². The smallest absolute Gasteiger partial charge is 0.161 e. The molecular formula is C12H18ClNO. The Hall–Kier alpha value is -0.730. The number of halogens is 1. The zero-order valence-corrected chi connectivity index (χ0v) is 10.2. The molecular weight excluding hydrogens is 210 g/mol. The Balaban J connectivity index is 0.00000112. The largest absolute Gasteiger partial charge is 0.472 e. The predicted molar refractivity (Wildman–Crippen MR) is 64.4 cm³/mol. The Morgan fingerprint density at radius 1 is 1.20 bits per heavy atom. The van der Waals surface area contributed by atoms with Crippen LogP contribution in [0.3, 0.4) is 0 Å². The second kappa shape index (κ2) is 3.69. The average Bonchev–Trinajstić information content (AvgIpc) is 2.05. The van der Waals surface area contributed by atoms with Crippen LogP contribution in [0.25, 0.3) is 0 Å². The van der Waals surface area contributed by atoms with Crippen LogP contribution >= 0.6 is 12.4 Å². The van der Waals surface area contributed by atoms with Gasteiger partial charge >= 0.3 is 0 Å². The highest BCUT2D eigenvalue weighted by atomic mass is 35.5. The third-order valence-electron chi connectivity index (χ3n) is 3.27. The maximum atomic E-state index is 6.15. The zero-order valence-electron chi connectivity index (χ0n) is 9.41. The van der Waals surface area contributed by atoms with Crippen LogP contribution < -0.4 is 10.5 Å². The molecule has 0 spiro atoms. The fourth-order valence-electron chi connectivity index (χ4n) is 1.77. The molecule has 0 saturated heterocycles. The Bertz CT molecular complexity index is 325. The summed E-state index contributed by atoms with van der Waals surface area (Å²) in [5.41, 5.74) is 6.79. The summed E-state index contributed by atoms with van der Waals surface area (Å²) in [5, 5.41) is 0. The Labute approximate surface area is 97.2 Å². The molecule has 1 aliphatic heterocycles. The van der Waals surface area contributed by atoms with Gasteiger partial charge in [-0.2, -0.15) is 0 Å². The molecule has 1 aromatic carbocycles. The Morgan fingerprint density at radius 2 is 1.80 bits per heavy atom. The van der Waals surface area contributed by atoms with Crippen LogP contribution in [0.2, 0.25) is 0 Å². The van der Waals surface area contributed by atoms with Crippen molar-refractivity contribution in [3.63, 3.8) is 0 Å². The monoisotopic (exact) mass is 227 g/mol. The minimum atomic E-state index is -0.582. The first-order valence-corrected chi connectivity index (χ1v) is 4.98. The summed E-state index contributed by atoms with van der Waals surface area (Å²) in [6.07, 6.45) is 0.968. The normalized spacial score (nSPS) is 27.2. The molecule has 0 aromatic heterocycles. The standard InChI is InChI=1S/C12H17NO.ClH/c1-11(2)8-9-6-4-5-7-10(9)14-12(11,3)13;/h4-7H,8,13H2,1-3H3;1H. The van der Waals surface area contributed by atoms with Gasteiger partial charge in [0.15, 0.2) is 5.72 Å². The molecule has 2 rings (SSSR count). The number of hydrogen-bond acceptors (Lipinski definition) is 2. The number of para-hydroxylation sites is 1. The van der Waals surface area contributed by atoms with Gasteiger partial charge in [-0.05, 0) is 25.0 Å². The van der Waals surface area contributed by atoms with Crippen LogP contribution in [-0.4, -0.2) is 5.72 Å². The first-order valence-electron chi connectivity index (χ1n) is 4.98. The maximum absolute atomic E-state index is 6.15. The lowest BCUT2D eigenvalue weighted by atomic mass is 9.75. The zero-order chi connectivity index (χ0) is 10.4. The first kappa shape index (κ1) is 12.3. The number of rotatable bonds is 0. The molecule has 1 heterocycles. The van der Waals surface area contributed by atoms with Crippen molar-refractivity contribution in [3.05, 3.63) is 29.8 Å². The van der Waals surface area contributed by atoms with E-state index in [1.54, 1.807) is 0 Å². The summed E-state index contributed by atoms with van der Waals surface area (Å²) in [7, 11) is 0. The number of ether oxygens (including phenoxy) is 1. The average molecular weight is 228 g/mol. The van der Waals surface area contributed by atoms with Crippen molar-refractivity contribution in [1.29, 1.82) is 0 Å². The van der Waals surface area contributed by atoms with E-state index in [2.05, 4.69) is 19.9 Å². The molecule has 1 aliphatic rings. The summed E-state index contributed by atoms with van der Waals surface area (Å²) < 4.78 is 5.81. The molecule has 0 bridgehead atoms. The molecule has 84 valence electrons. The third-order valence-corrected chi connectivity index (χ3v) is 3.27. The van der Waals surface area contributed by atoms with Crippen LogP contribution in [0.4, 0.5) is 0 Å². The lowest BCUT2D eigenvalue weighted by Crippen LogP contribution is -2.57. The molecule has 0 radical (unpaired) electrons. The second-order valence-electron chi connectivity index (χ2n) is 4.88. The van der Waals surface area contributed by atoms with Gasteiger partial charge in [-0.3, -0.25) is 5.73 Å². The number of hydrogen-bond donors (Lipinski definition) is 1. The van der Waals surface area contributed by atoms with Crippen LogP contribution in [0.1, 0.15) is 26.3 Å². The van der Waals surface area contributed by atoms with Crippen molar-refractivity contribution in [2.24, 2.45) is 11.1 Å². The third kappa shape index (κ3) is 1.97. The van der Waals surface area contributed by atoms with Crippen molar-refractivity contribution >= 4 is 12.4 Å². The molecule has 3 heteroatoms. The van der Waals surface area contributed by atoms with Gasteiger partial charge < -0.3 is 4.74 Å². The van der Waals surface area contributed by atoms with Crippen molar-refractivity contribution in [2.45, 2.75) is 32.9 Å². The van der Waals surface area contributed by atoms with Gasteiger partial charge in [-0.15, -0.1) is 12.4 Å². The van der Waals surface area contributed by atoms with E-state index in [9.17, 15) is 0 Å². The highest BCUT2D eigenvalue weighted by Crippen LogP contribution is 2.41. The van der Waals surface area contributed by atoms with Crippen molar-refractivity contribution in [1.82, 2.24) is 0 Å². The maximum Gasteiger partial charge on any atom is 0.161 e. The number of benzene rings is 1. The highest BCUT2D eigenvalue weighted by Gasteiger charge is 2.43. The van der Waals surface area contributed by atoms with Gasteiger partial charge in [-0.1, -0.05) is 32.0 Å². The topological polar surface area (TPSA) is 35.2 Å². The molecule has 0 fully saturated rings. The van der Waals surface area contributed by atoms with E-state index in [-0.39, 0.29) is 17.8 Å². The molecule has 2 nitrogen and oxygen atoms in total. The number of nitrogens with two attached hydrogens (primary N) is 1. The van der Waals surface area contributed by atoms with E-state index in [1.165, 1.54) is 5.56 Å². The van der Waals surface area contributed by atoms with Gasteiger partial charge in [-0.25, -0.2) is 0 Å². The number of fused-ring (bicyclic) bond motifs is 1. The fraction of sp³-hybridized carbons (Fsp3) is 0.500. The van der Waals surface area contributed by atoms with Crippen LogP contribution in [0.15, 0.2) is 24.3 Å². The summed E-state index contributed by atoms with van der Waals surface area (Å²) in [5.74, 6) is 0.928. The van der Waals surface area contributed by atoms with E-state index < -0.39 is 5.72 Å².